The van der Waals surface area contributed by atoms with Gasteiger partial charge in [-0.1, -0.05) is 0 Å². The van der Waals surface area contributed by atoms with Crippen molar-refractivity contribution in [1.29, 1.82) is 0 Å². The summed E-state index contributed by atoms with van der Waals surface area (Å²) in [6.45, 7) is 4.21. The predicted octanol–water partition coefficient (Wildman–Crippen LogP) is 2.63. The second kappa shape index (κ2) is 5.10. The number of carbonyl (C=O) groups is 2. The van der Waals surface area contributed by atoms with Gasteiger partial charge in [-0.2, -0.15) is 0 Å². The average molecular weight is 272 g/mol. The van der Waals surface area contributed by atoms with Crippen LogP contribution in [0.3, 0.4) is 0 Å². The van der Waals surface area contributed by atoms with Crippen molar-refractivity contribution in [2.75, 3.05) is 13.2 Å². The molecule has 1 aromatic heterocycles. The highest BCUT2D eigenvalue weighted by atomic mass is 32.2. The Morgan fingerprint density at radius 2 is 2.00 bits per heavy atom. The molecule has 6 heteroatoms. The number of hydrogen-bond donors (Lipinski definition) is 0. The Balaban J connectivity index is 2.18. The first-order valence-electron chi connectivity index (χ1n) is 5.30. The minimum Gasteiger partial charge on any atom is -0.465 e. The Bertz CT molecular complexity index is 452. The van der Waals surface area contributed by atoms with E-state index in [9.17, 15) is 9.59 Å². The van der Waals surface area contributed by atoms with Crippen LogP contribution in [0.1, 0.15) is 34.3 Å². The summed E-state index contributed by atoms with van der Waals surface area (Å²) >= 11 is 2.75. The van der Waals surface area contributed by atoms with Gasteiger partial charge in [-0.3, -0.25) is 4.79 Å². The van der Waals surface area contributed by atoms with E-state index in [4.69, 9.17) is 9.47 Å². The predicted molar refractivity (Wildman–Crippen MR) is 65.5 cm³/mol. The Hall–Kier alpha value is -1.01. The van der Waals surface area contributed by atoms with Crippen molar-refractivity contribution < 1.29 is 19.1 Å². The first kappa shape index (κ1) is 12.4. The molecule has 1 aliphatic heterocycles. The van der Waals surface area contributed by atoms with Crippen LogP contribution >= 0.6 is 23.1 Å². The first-order valence-corrected chi connectivity index (χ1v) is 7.06. The van der Waals surface area contributed by atoms with E-state index < -0.39 is 0 Å². The number of carbonyl (C=O) groups excluding carboxylic acids is 2. The van der Waals surface area contributed by atoms with Crippen molar-refractivity contribution in [3.8, 4) is 0 Å². The van der Waals surface area contributed by atoms with Crippen molar-refractivity contribution in [2.24, 2.45) is 0 Å². The SMILES string of the molecule is CCOC(=O)c1scc2c1C(C(=O)OCC)S2. The molecule has 1 aliphatic rings. The van der Waals surface area contributed by atoms with Crippen LogP contribution < -0.4 is 0 Å². The molecule has 2 heterocycles. The molecule has 1 aromatic rings. The normalized spacial score (nSPS) is 16.9. The standard InChI is InChI=1S/C11H12O4S2/c1-3-14-10(12)8-7-6(5-16-8)17-9(7)11(13)15-4-2/h5,9H,3-4H2,1-2H3. The smallest absolute Gasteiger partial charge is 0.348 e. The van der Waals surface area contributed by atoms with E-state index in [0.29, 0.717) is 18.1 Å². The van der Waals surface area contributed by atoms with E-state index in [2.05, 4.69) is 0 Å². The second-order valence-electron chi connectivity index (χ2n) is 3.31. The van der Waals surface area contributed by atoms with Crippen molar-refractivity contribution in [3.05, 3.63) is 15.8 Å². The minimum atomic E-state index is -0.365. The molecule has 0 radical (unpaired) electrons. The monoisotopic (exact) mass is 272 g/mol. The molecule has 17 heavy (non-hydrogen) atoms. The van der Waals surface area contributed by atoms with Crippen LogP contribution in [0.2, 0.25) is 0 Å². The van der Waals surface area contributed by atoms with E-state index >= 15 is 0 Å². The summed E-state index contributed by atoms with van der Waals surface area (Å²) in [6, 6.07) is 0. The fourth-order valence-corrected chi connectivity index (χ4v) is 3.87. The largest absolute Gasteiger partial charge is 0.465 e. The summed E-state index contributed by atoms with van der Waals surface area (Å²) in [5.74, 6) is -0.637. The van der Waals surface area contributed by atoms with Crippen LogP contribution in [0.5, 0.6) is 0 Å². The second-order valence-corrected chi connectivity index (χ2v) is 5.34. The zero-order valence-corrected chi connectivity index (χ0v) is 11.2. The van der Waals surface area contributed by atoms with Gasteiger partial charge in [0.05, 0.1) is 13.2 Å². The highest BCUT2D eigenvalue weighted by Crippen LogP contribution is 2.54. The van der Waals surface area contributed by atoms with Crippen LogP contribution in [-0.4, -0.2) is 25.2 Å². The summed E-state index contributed by atoms with van der Waals surface area (Å²) in [5.41, 5.74) is 0.775. The molecule has 1 atom stereocenters. The minimum absolute atomic E-state index is 0.283. The van der Waals surface area contributed by atoms with E-state index in [-0.39, 0.29) is 17.2 Å². The summed E-state index contributed by atoms with van der Waals surface area (Å²) in [4.78, 5) is 24.8. The molecule has 0 amide bonds. The summed E-state index contributed by atoms with van der Waals surface area (Å²) in [7, 11) is 0. The van der Waals surface area contributed by atoms with Gasteiger partial charge in [-0.15, -0.1) is 23.1 Å². The van der Waals surface area contributed by atoms with Gasteiger partial charge in [0.1, 0.15) is 10.1 Å². The highest BCUT2D eigenvalue weighted by molar-refractivity contribution is 8.01. The number of thioether (sulfide) groups is 1. The highest BCUT2D eigenvalue weighted by Gasteiger charge is 2.40. The molecule has 0 aliphatic carbocycles. The first-order chi connectivity index (χ1) is 8.19. The lowest BCUT2D eigenvalue weighted by Crippen LogP contribution is -2.21. The summed E-state index contributed by atoms with van der Waals surface area (Å²) in [6.07, 6.45) is 0. The van der Waals surface area contributed by atoms with Gasteiger partial charge < -0.3 is 9.47 Å². The fourth-order valence-electron chi connectivity index (χ4n) is 1.56. The molecule has 0 spiro atoms. The van der Waals surface area contributed by atoms with E-state index in [1.54, 1.807) is 13.8 Å². The molecular weight excluding hydrogens is 260 g/mol. The lowest BCUT2D eigenvalue weighted by atomic mass is 10.1. The van der Waals surface area contributed by atoms with Crippen LogP contribution in [0.25, 0.3) is 0 Å². The van der Waals surface area contributed by atoms with Crippen LogP contribution in [0.4, 0.5) is 0 Å². The molecule has 0 aromatic carbocycles. The average Bonchev–Trinajstić information content (AvgIpc) is 2.57. The van der Waals surface area contributed by atoms with Gasteiger partial charge in [0.2, 0.25) is 0 Å². The van der Waals surface area contributed by atoms with Gasteiger partial charge in [0, 0.05) is 15.8 Å². The molecule has 1 unspecified atom stereocenters. The molecule has 0 fully saturated rings. The lowest BCUT2D eigenvalue weighted by molar-refractivity contribution is -0.142. The number of thiophene rings is 1. The number of fused-ring (bicyclic) bond motifs is 1. The topological polar surface area (TPSA) is 52.6 Å². The van der Waals surface area contributed by atoms with Crippen LogP contribution in [0, 0.1) is 0 Å². The number of ether oxygens (including phenoxy) is 2. The number of hydrogen-bond acceptors (Lipinski definition) is 6. The van der Waals surface area contributed by atoms with E-state index in [1.165, 1.54) is 23.1 Å². The summed E-state index contributed by atoms with van der Waals surface area (Å²) < 4.78 is 9.91. The maximum absolute atomic E-state index is 11.7. The van der Waals surface area contributed by atoms with Gasteiger partial charge in [-0.25, -0.2) is 4.79 Å². The Morgan fingerprint density at radius 1 is 1.29 bits per heavy atom. The quantitative estimate of drug-likeness (QED) is 0.789. The molecule has 0 bridgehead atoms. The zero-order valence-electron chi connectivity index (χ0n) is 9.52. The summed E-state index contributed by atoms with van der Waals surface area (Å²) in [5, 5.41) is 1.51. The van der Waals surface area contributed by atoms with E-state index in [1.807, 2.05) is 5.38 Å². The molecule has 2 rings (SSSR count). The number of rotatable bonds is 4. The molecule has 0 saturated carbocycles. The van der Waals surface area contributed by atoms with Gasteiger partial charge >= 0.3 is 11.9 Å². The molecular formula is C11H12O4S2. The third-order valence-corrected chi connectivity index (χ3v) is 4.64. The van der Waals surface area contributed by atoms with Crippen LogP contribution in [-0.2, 0) is 14.3 Å². The molecule has 0 N–H and O–H groups in total. The van der Waals surface area contributed by atoms with Crippen molar-refractivity contribution in [2.45, 2.75) is 24.0 Å². The molecule has 4 nitrogen and oxygen atoms in total. The van der Waals surface area contributed by atoms with Crippen molar-refractivity contribution in [3.63, 3.8) is 0 Å². The number of esters is 2. The lowest BCUT2D eigenvalue weighted by Gasteiger charge is -2.24. The fraction of sp³-hybridized carbons (Fsp3) is 0.455. The van der Waals surface area contributed by atoms with Crippen molar-refractivity contribution in [1.82, 2.24) is 0 Å². The van der Waals surface area contributed by atoms with E-state index in [0.717, 1.165) is 10.5 Å². The Kier molecular flexibility index (Phi) is 3.73. The maximum atomic E-state index is 11.7. The molecule has 92 valence electrons. The Labute approximate surface area is 107 Å². The molecule has 0 saturated heterocycles. The zero-order chi connectivity index (χ0) is 12.4. The van der Waals surface area contributed by atoms with Crippen LogP contribution in [0.15, 0.2) is 10.3 Å². The van der Waals surface area contributed by atoms with Gasteiger partial charge in [0.25, 0.3) is 0 Å². The van der Waals surface area contributed by atoms with Gasteiger partial charge in [-0.05, 0) is 13.8 Å². The maximum Gasteiger partial charge on any atom is 0.348 e. The third kappa shape index (κ3) is 2.19. The van der Waals surface area contributed by atoms with Gasteiger partial charge in [0.15, 0.2) is 0 Å². The third-order valence-electron chi connectivity index (χ3n) is 2.26. The Morgan fingerprint density at radius 3 is 2.65 bits per heavy atom. The van der Waals surface area contributed by atoms with Crippen molar-refractivity contribution >= 4 is 35.0 Å².